The van der Waals surface area contributed by atoms with Crippen LogP contribution in [0.1, 0.15) is 32.3 Å². The SMILES string of the molecule is CC1=C[C@]2(C)[C@H](C(C)=C1)[C@@H](C(=O)O)[C@@H]2c1ccc([N+](=O)[O-])cc1. The van der Waals surface area contributed by atoms with Crippen molar-refractivity contribution in [2.24, 2.45) is 17.3 Å². The topological polar surface area (TPSA) is 80.4 Å². The van der Waals surface area contributed by atoms with Crippen LogP contribution in [0.4, 0.5) is 5.69 Å². The van der Waals surface area contributed by atoms with Crippen molar-refractivity contribution in [3.05, 3.63) is 63.2 Å². The second-order valence-corrected chi connectivity index (χ2v) is 6.81. The molecule has 5 heteroatoms. The third-order valence-corrected chi connectivity index (χ3v) is 5.29. The van der Waals surface area contributed by atoms with Gasteiger partial charge in [0, 0.05) is 29.4 Å². The van der Waals surface area contributed by atoms with E-state index in [0.717, 1.165) is 16.7 Å². The van der Waals surface area contributed by atoms with Gasteiger partial charge in [0.2, 0.25) is 0 Å². The summed E-state index contributed by atoms with van der Waals surface area (Å²) in [6, 6.07) is 6.29. The monoisotopic (exact) mass is 313 g/mol. The van der Waals surface area contributed by atoms with Crippen LogP contribution in [0, 0.1) is 27.4 Å². The van der Waals surface area contributed by atoms with Crippen LogP contribution in [0.15, 0.2) is 47.6 Å². The maximum atomic E-state index is 11.8. The maximum Gasteiger partial charge on any atom is 0.307 e. The number of nitro groups is 1. The number of hydrogen-bond acceptors (Lipinski definition) is 3. The summed E-state index contributed by atoms with van der Waals surface area (Å²) in [5.41, 5.74) is 2.84. The predicted molar refractivity (Wildman–Crippen MR) is 86.1 cm³/mol. The molecule has 0 aliphatic heterocycles. The largest absolute Gasteiger partial charge is 0.481 e. The maximum absolute atomic E-state index is 11.8. The first-order valence-corrected chi connectivity index (χ1v) is 7.60. The molecule has 0 amide bonds. The van der Waals surface area contributed by atoms with Crippen molar-refractivity contribution < 1.29 is 14.8 Å². The number of carbonyl (C=O) groups is 1. The van der Waals surface area contributed by atoms with E-state index in [1.807, 2.05) is 13.8 Å². The number of fused-ring (bicyclic) bond motifs is 1. The van der Waals surface area contributed by atoms with Gasteiger partial charge in [-0.15, -0.1) is 0 Å². The van der Waals surface area contributed by atoms with E-state index in [2.05, 4.69) is 19.1 Å². The van der Waals surface area contributed by atoms with Crippen LogP contribution in [0.25, 0.3) is 0 Å². The molecule has 1 aromatic rings. The summed E-state index contributed by atoms with van der Waals surface area (Å²) in [5.74, 6) is -1.51. The summed E-state index contributed by atoms with van der Waals surface area (Å²) >= 11 is 0. The highest BCUT2D eigenvalue weighted by atomic mass is 16.6. The van der Waals surface area contributed by atoms with Gasteiger partial charge >= 0.3 is 5.97 Å². The minimum Gasteiger partial charge on any atom is -0.481 e. The van der Waals surface area contributed by atoms with Gasteiger partial charge in [-0.2, -0.15) is 0 Å². The smallest absolute Gasteiger partial charge is 0.307 e. The molecule has 0 bridgehead atoms. The molecule has 1 aromatic carbocycles. The molecule has 1 saturated carbocycles. The molecular formula is C18H19NO4. The van der Waals surface area contributed by atoms with Crippen LogP contribution in [0.3, 0.4) is 0 Å². The van der Waals surface area contributed by atoms with Crippen molar-refractivity contribution in [3.63, 3.8) is 0 Å². The third kappa shape index (κ3) is 2.19. The van der Waals surface area contributed by atoms with E-state index in [-0.39, 0.29) is 22.9 Å². The molecule has 0 spiro atoms. The van der Waals surface area contributed by atoms with Gasteiger partial charge in [0.05, 0.1) is 10.8 Å². The van der Waals surface area contributed by atoms with E-state index in [9.17, 15) is 20.0 Å². The average molecular weight is 313 g/mol. The van der Waals surface area contributed by atoms with Crippen molar-refractivity contribution in [1.29, 1.82) is 0 Å². The Bertz CT molecular complexity index is 747. The molecule has 1 fully saturated rings. The predicted octanol–water partition coefficient (Wildman–Crippen LogP) is 3.92. The molecular weight excluding hydrogens is 294 g/mol. The highest BCUT2D eigenvalue weighted by Crippen LogP contribution is 2.66. The van der Waals surface area contributed by atoms with Gasteiger partial charge in [0.1, 0.15) is 0 Å². The van der Waals surface area contributed by atoms with Crippen LogP contribution >= 0.6 is 0 Å². The van der Waals surface area contributed by atoms with Gasteiger partial charge in [0.15, 0.2) is 0 Å². The second-order valence-electron chi connectivity index (χ2n) is 6.81. The Kier molecular flexibility index (Phi) is 3.39. The van der Waals surface area contributed by atoms with E-state index < -0.39 is 16.8 Å². The Balaban J connectivity index is 2.05. The molecule has 0 saturated heterocycles. The highest BCUT2D eigenvalue weighted by Gasteiger charge is 2.62. The fourth-order valence-electron chi connectivity index (χ4n) is 4.63. The molecule has 1 N–H and O–H groups in total. The summed E-state index contributed by atoms with van der Waals surface area (Å²) in [6.45, 7) is 6.09. The zero-order valence-corrected chi connectivity index (χ0v) is 13.3. The highest BCUT2D eigenvalue weighted by molar-refractivity contribution is 5.76. The Morgan fingerprint density at radius 3 is 2.35 bits per heavy atom. The number of allylic oxidation sites excluding steroid dienone is 4. The molecule has 3 rings (SSSR count). The molecule has 0 heterocycles. The lowest BCUT2D eigenvalue weighted by Crippen LogP contribution is -2.57. The van der Waals surface area contributed by atoms with Crippen LogP contribution < -0.4 is 0 Å². The zero-order chi connectivity index (χ0) is 16.9. The summed E-state index contributed by atoms with van der Waals surface area (Å²) in [5, 5.41) is 20.5. The van der Waals surface area contributed by atoms with Gasteiger partial charge in [-0.1, -0.05) is 42.4 Å². The van der Waals surface area contributed by atoms with E-state index in [4.69, 9.17) is 0 Å². The van der Waals surface area contributed by atoms with Crippen molar-refractivity contribution in [1.82, 2.24) is 0 Å². The van der Waals surface area contributed by atoms with Crippen LogP contribution in [-0.4, -0.2) is 16.0 Å². The van der Waals surface area contributed by atoms with Crippen molar-refractivity contribution in [2.75, 3.05) is 0 Å². The van der Waals surface area contributed by atoms with E-state index >= 15 is 0 Å². The number of carboxylic acids is 1. The number of carboxylic acid groups (broad SMARTS) is 1. The minimum absolute atomic E-state index is 0.0214. The number of rotatable bonds is 3. The average Bonchev–Trinajstić information content (AvgIpc) is 2.43. The molecule has 0 unspecified atom stereocenters. The second kappa shape index (κ2) is 5.05. The molecule has 23 heavy (non-hydrogen) atoms. The lowest BCUT2D eigenvalue weighted by Gasteiger charge is -2.59. The lowest BCUT2D eigenvalue weighted by atomic mass is 9.43. The van der Waals surface area contributed by atoms with Gasteiger partial charge in [-0.3, -0.25) is 14.9 Å². The van der Waals surface area contributed by atoms with E-state index in [1.54, 1.807) is 12.1 Å². The van der Waals surface area contributed by atoms with E-state index in [0.29, 0.717) is 0 Å². The quantitative estimate of drug-likeness (QED) is 0.677. The first-order chi connectivity index (χ1) is 10.8. The summed E-state index contributed by atoms with van der Waals surface area (Å²) < 4.78 is 0. The van der Waals surface area contributed by atoms with Crippen LogP contribution in [0.5, 0.6) is 0 Å². The molecule has 4 atom stereocenters. The molecule has 5 nitrogen and oxygen atoms in total. The van der Waals surface area contributed by atoms with Gasteiger partial charge in [0.25, 0.3) is 5.69 Å². The Morgan fingerprint density at radius 1 is 1.22 bits per heavy atom. The van der Waals surface area contributed by atoms with Crippen molar-refractivity contribution >= 4 is 11.7 Å². The van der Waals surface area contributed by atoms with Gasteiger partial charge < -0.3 is 5.11 Å². The number of hydrogen-bond donors (Lipinski definition) is 1. The van der Waals surface area contributed by atoms with Gasteiger partial charge in [-0.25, -0.2) is 0 Å². The summed E-state index contributed by atoms with van der Waals surface area (Å²) in [6.07, 6.45) is 4.20. The Hall–Kier alpha value is -2.43. The normalized spacial score (nSPS) is 32.2. The summed E-state index contributed by atoms with van der Waals surface area (Å²) in [4.78, 5) is 22.2. The van der Waals surface area contributed by atoms with Crippen LogP contribution in [-0.2, 0) is 4.79 Å². The third-order valence-electron chi connectivity index (χ3n) is 5.29. The Morgan fingerprint density at radius 2 is 1.83 bits per heavy atom. The Labute approximate surface area is 134 Å². The molecule has 120 valence electrons. The summed E-state index contributed by atoms with van der Waals surface area (Å²) in [7, 11) is 0. The zero-order valence-electron chi connectivity index (χ0n) is 13.3. The first-order valence-electron chi connectivity index (χ1n) is 7.60. The number of nitrogens with zero attached hydrogens (tertiary/aromatic N) is 1. The lowest BCUT2D eigenvalue weighted by molar-refractivity contribution is -0.384. The van der Waals surface area contributed by atoms with Crippen molar-refractivity contribution in [3.8, 4) is 0 Å². The number of benzene rings is 1. The fourth-order valence-corrected chi connectivity index (χ4v) is 4.63. The molecule has 2 aliphatic rings. The molecule has 0 radical (unpaired) electrons. The number of non-ortho nitro benzene ring substituents is 1. The minimum atomic E-state index is -0.809. The number of nitro benzene ring substituents is 1. The van der Waals surface area contributed by atoms with Crippen molar-refractivity contribution in [2.45, 2.75) is 26.7 Å². The number of aliphatic carboxylic acids is 1. The van der Waals surface area contributed by atoms with Gasteiger partial charge in [-0.05, 0) is 19.4 Å². The van der Waals surface area contributed by atoms with E-state index in [1.165, 1.54) is 12.1 Å². The van der Waals surface area contributed by atoms with Crippen LogP contribution in [0.2, 0.25) is 0 Å². The fraction of sp³-hybridized carbons (Fsp3) is 0.389. The standard InChI is InChI=1S/C18H19NO4/c1-10-8-11(2)15-14(17(20)21)16(18(15,3)9-10)12-4-6-13(7-5-12)19(22)23/h4-9,14-16H,1-3H3,(H,20,21)/t14-,15-,16+,18-/m1/s1. The molecule has 2 aliphatic carbocycles. The molecule has 0 aromatic heterocycles. The first kappa shape index (κ1) is 15.5.